The zero-order valence-electron chi connectivity index (χ0n) is 8.38. The summed E-state index contributed by atoms with van der Waals surface area (Å²) in [5.74, 6) is -0.905. The summed E-state index contributed by atoms with van der Waals surface area (Å²) in [6.07, 6.45) is 0. The van der Waals surface area contributed by atoms with Gasteiger partial charge in [-0.1, -0.05) is 29.2 Å². The Hall–Kier alpha value is -1.40. The minimum atomic E-state index is -0.905. The van der Waals surface area contributed by atoms with E-state index in [0.717, 1.165) is 14.8 Å². The molecule has 0 aliphatic heterocycles. The normalized spacial score (nSPS) is 10.3. The van der Waals surface area contributed by atoms with Crippen LogP contribution in [-0.4, -0.2) is 21.3 Å². The predicted molar refractivity (Wildman–Crippen MR) is 62.2 cm³/mol. The van der Waals surface area contributed by atoms with Gasteiger partial charge in [0, 0.05) is 4.90 Å². The fourth-order valence-electron chi connectivity index (χ4n) is 1.20. The van der Waals surface area contributed by atoms with Crippen molar-refractivity contribution in [1.82, 2.24) is 10.2 Å². The third-order valence-corrected chi connectivity index (χ3v) is 3.75. The third kappa shape index (κ3) is 2.40. The number of aryl methyl sites for hydroxylation is 1. The van der Waals surface area contributed by atoms with E-state index in [9.17, 15) is 4.79 Å². The molecule has 0 saturated heterocycles. The highest BCUT2D eigenvalue weighted by atomic mass is 32.2. The summed E-state index contributed by atoms with van der Waals surface area (Å²) in [5.41, 5.74) is 2.73. The topological polar surface area (TPSA) is 63.1 Å². The Kier molecular flexibility index (Phi) is 3.21. The first-order valence-corrected chi connectivity index (χ1v) is 6.14. The van der Waals surface area contributed by atoms with Gasteiger partial charge in [0.15, 0.2) is 4.34 Å². The van der Waals surface area contributed by atoms with E-state index >= 15 is 0 Å². The first-order valence-electron chi connectivity index (χ1n) is 4.45. The number of aromatic nitrogens is 2. The fourth-order valence-corrected chi connectivity index (χ4v) is 2.69. The van der Waals surface area contributed by atoms with E-state index in [1.54, 1.807) is 24.6 Å². The van der Waals surface area contributed by atoms with E-state index in [2.05, 4.69) is 10.2 Å². The lowest BCUT2D eigenvalue weighted by atomic mass is 10.1. The second-order valence-corrected chi connectivity index (χ2v) is 5.24. The van der Waals surface area contributed by atoms with Crippen LogP contribution in [0, 0.1) is 6.92 Å². The molecule has 1 aromatic carbocycles. The zero-order chi connectivity index (χ0) is 11.5. The van der Waals surface area contributed by atoms with E-state index in [1.165, 1.54) is 23.1 Å². The highest BCUT2D eigenvalue weighted by Gasteiger charge is 2.09. The van der Waals surface area contributed by atoms with Gasteiger partial charge in [-0.05, 0) is 24.6 Å². The van der Waals surface area contributed by atoms with Crippen LogP contribution < -0.4 is 0 Å². The van der Waals surface area contributed by atoms with Crippen LogP contribution in [0.2, 0.25) is 0 Å². The number of benzene rings is 1. The van der Waals surface area contributed by atoms with Crippen LogP contribution in [0.25, 0.3) is 0 Å². The molecule has 0 fully saturated rings. The Bertz CT molecular complexity index is 512. The average molecular weight is 252 g/mol. The van der Waals surface area contributed by atoms with Gasteiger partial charge in [0.1, 0.15) is 5.51 Å². The molecule has 0 radical (unpaired) electrons. The van der Waals surface area contributed by atoms with Gasteiger partial charge in [-0.2, -0.15) is 0 Å². The Labute approximate surface area is 100 Å². The van der Waals surface area contributed by atoms with Gasteiger partial charge < -0.3 is 5.11 Å². The molecule has 2 aromatic rings. The van der Waals surface area contributed by atoms with E-state index < -0.39 is 5.97 Å². The Morgan fingerprint density at radius 3 is 2.94 bits per heavy atom. The Morgan fingerprint density at radius 1 is 1.50 bits per heavy atom. The van der Waals surface area contributed by atoms with E-state index in [0.29, 0.717) is 5.56 Å². The number of nitrogens with zero attached hydrogens (tertiary/aromatic N) is 2. The number of carboxylic acid groups (broad SMARTS) is 1. The molecule has 16 heavy (non-hydrogen) atoms. The van der Waals surface area contributed by atoms with Crippen molar-refractivity contribution in [3.63, 3.8) is 0 Å². The second kappa shape index (κ2) is 4.63. The van der Waals surface area contributed by atoms with Crippen molar-refractivity contribution in [3.05, 3.63) is 34.8 Å². The lowest BCUT2D eigenvalue weighted by molar-refractivity contribution is 0.0696. The number of aromatic carboxylic acids is 1. The lowest BCUT2D eigenvalue weighted by Crippen LogP contribution is -1.99. The van der Waals surface area contributed by atoms with Gasteiger partial charge in [-0.25, -0.2) is 4.79 Å². The zero-order valence-corrected chi connectivity index (χ0v) is 10.0. The van der Waals surface area contributed by atoms with Gasteiger partial charge >= 0.3 is 5.97 Å². The molecule has 6 heteroatoms. The van der Waals surface area contributed by atoms with Gasteiger partial charge in [0.25, 0.3) is 0 Å². The van der Waals surface area contributed by atoms with Crippen molar-refractivity contribution in [1.29, 1.82) is 0 Å². The molecule has 1 heterocycles. The van der Waals surface area contributed by atoms with E-state index in [1.807, 2.05) is 6.07 Å². The van der Waals surface area contributed by atoms with Crippen molar-refractivity contribution >= 4 is 29.1 Å². The molecule has 1 aromatic heterocycles. The summed E-state index contributed by atoms with van der Waals surface area (Å²) in [4.78, 5) is 11.8. The molecule has 0 spiro atoms. The summed E-state index contributed by atoms with van der Waals surface area (Å²) in [6, 6.07) is 5.34. The standard InChI is InChI=1S/C10H8N2O2S2/c1-6-2-3-7(4-8(6)9(13)14)16-10-12-11-5-15-10/h2-5H,1H3,(H,13,14). The van der Waals surface area contributed by atoms with Crippen LogP contribution in [0.3, 0.4) is 0 Å². The fraction of sp³-hybridized carbons (Fsp3) is 0.100. The van der Waals surface area contributed by atoms with Crippen LogP contribution in [0.4, 0.5) is 0 Å². The molecule has 1 N–H and O–H groups in total. The highest BCUT2D eigenvalue weighted by molar-refractivity contribution is 8.01. The van der Waals surface area contributed by atoms with Crippen molar-refractivity contribution in [2.75, 3.05) is 0 Å². The molecule has 2 rings (SSSR count). The predicted octanol–water partition coefficient (Wildman–Crippen LogP) is 2.70. The molecule has 0 atom stereocenters. The molecular formula is C10H8N2O2S2. The highest BCUT2D eigenvalue weighted by Crippen LogP contribution is 2.29. The summed E-state index contributed by atoms with van der Waals surface area (Å²) < 4.78 is 0.806. The van der Waals surface area contributed by atoms with Crippen molar-refractivity contribution in [3.8, 4) is 0 Å². The average Bonchev–Trinajstić information content (AvgIpc) is 2.73. The van der Waals surface area contributed by atoms with Crippen LogP contribution in [-0.2, 0) is 0 Å². The molecule has 0 amide bonds. The Balaban J connectivity index is 2.29. The van der Waals surface area contributed by atoms with Gasteiger partial charge in [-0.3, -0.25) is 0 Å². The maximum Gasteiger partial charge on any atom is 0.335 e. The van der Waals surface area contributed by atoms with Crippen molar-refractivity contribution < 1.29 is 9.90 Å². The molecule has 0 aliphatic carbocycles. The SMILES string of the molecule is Cc1ccc(Sc2nncs2)cc1C(=O)O. The lowest BCUT2D eigenvalue weighted by Gasteiger charge is -2.03. The van der Waals surface area contributed by atoms with Crippen molar-refractivity contribution in [2.24, 2.45) is 0 Å². The first-order chi connectivity index (χ1) is 7.66. The molecular weight excluding hydrogens is 244 g/mol. The Morgan fingerprint density at radius 2 is 2.31 bits per heavy atom. The van der Waals surface area contributed by atoms with Gasteiger partial charge in [-0.15, -0.1) is 10.2 Å². The maximum absolute atomic E-state index is 10.9. The number of carbonyl (C=O) groups is 1. The maximum atomic E-state index is 10.9. The summed E-state index contributed by atoms with van der Waals surface area (Å²) in [7, 11) is 0. The molecule has 0 unspecified atom stereocenters. The molecule has 4 nitrogen and oxygen atoms in total. The van der Waals surface area contributed by atoms with E-state index in [4.69, 9.17) is 5.11 Å². The minimum Gasteiger partial charge on any atom is -0.478 e. The number of rotatable bonds is 3. The van der Waals surface area contributed by atoms with Gasteiger partial charge in [0.05, 0.1) is 5.56 Å². The minimum absolute atomic E-state index is 0.328. The summed E-state index contributed by atoms with van der Waals surface area (Å²) in [6.45, 7) is 1.78. The number of hydrogen-bond acceptors (Lipinski definition) is 5. The largest absolute Gasteiger partial charge is 0.478 e. The monoisotopic (exact) mass is 252 g/mol. The van der Waals surface area contributed by atoms with E-state index in [-0.39, 0.29) is 0 Å². The molecule has 0 aliphatic rings. The van der Waals surface area contributed by atoms with Crippen LogP contribution >= 0.6 is 23.1 Å². The quantitative estimate of drug-likeness (QED) is 0.910. The molecule has 82 valence electrons. The van der Waals surface area contributed by atoms with Crippen molar-refractivity contribution in [2.45, 2.75) is 16.2 Å². The van der Waals surface area contributed by atoms with Gasteiger partial charge in [0.2, 0.25) is 0 Å². The molecule has 0 saturated carbocycles. The summed E-state index contributed by atoms with van der Waals surface area (Å²) in [5, 5.41) is 16.6. The number of carboxylic acids is 1. The smallest absolute Gasteiger partial charge is 0.335 e. The molecule has 0 bridgehead atoms. The van der Waals surface area contributed by atoms with Crippen LogP contribution in [0.1, 0.15) is 15.9 Å². The summed E-state index contributed by atoms with van der Waals surface area (Å²) >= 11 is 2.85. The first kappa shape index (κ1) is 11.1. The van der Waals surface area contributed by atoms with Crippen LogP contribution in [0.15, 0.2) is 32.9 Å². The second-order valence-electron chi connectivity index (χ2n) is 3.09. The third-order valence-electron chi connectivity index (χ3n) is 1.98. The number of hydrogen-bond donors (Lipinski definition) is 1. The van der Waals surface area contributed by atoms with Crippen LogP contribution in [0.5, 0.6) is 0 Å².